The average Bonchev–Trinajstić information content (AvgIpc) is 2.71. The third-order valence-electron chi connectivity index (χ3n) is 4.90. The zero-order valence-corrected chi connectivity index (χ0v) is 13.5. The number of halogens is 1. The zero-order valence-electron chi connectivity index (χ0n) is 12.6. The molecule has 7 heteroatoms. The van der Waals surface area contributed by atoms with Gasteiger partial charge < -0.3 is 10.2 Å². The van der Waals surface area contributed by atoms with E-state index in [0.717, 1.165) is 39.0 Å². The molecule has 1 spiro atoms. The van der Waals surface area contributed by atoms with Crippen LogP contribution in [0.15, 0.2) is 16.9 Å². The summed E-state index contributed by atoms with van der Waals surface area (Å²) in [4.78, 5) is 25.4. The molecule has 3 heterocycles. The molecule has 2 aliphatic rings. The van der Waals surface area contributed by atoms with Gasteiger partial charge in [-0.1, -0.05) is 0 Å². The van der Waals surface area contributed by atoms with Gasteiger partial charge in [-0.15, -0.1) is 12.4 Å². The second-order valence-electron chi connectivity index (χ2n) is 6.20. The van der Waals surface area contributed by atoms with Crippen molar-refractivity contribution in [2.75, 3.05) is 26.2 Å². The first-order valence-corrected chi connectivity index (χ1v) is 7.74. The highest BCUT2D eigenvalue weighted by atomic mass is 35.5. The lowest BCUT2D eigenvalue weighted by Crippen LogP contribution is -2.38. The molecule has 2 aliphatic heterocycles. The number of hydrogen-bond acceptors (Lipinski definition) is 4. The third kappa shape index (κ3) is 3.67. The van der Waals surface area contributed by atoms with E-state index in [0.29, 0.717) is 11.1 Å². The van der Waals surface area contributed by atoms with Gasteiger partial charge in [0.2, 0.25) is 0 Å². The summed E-state index contributed by atoms with van der Waals surface area (Å²) in [6, 6.07) is 2.86. The fourth-order valence-corrected chi connectivity index (χ4v) is 3.54. The van der Waals surface area contributed by atoms with E-state index in [-0.39, 0.29) is 23.9 Å². The van der Waals surface area contributed by atoms with Gasteiger partial charge in [-0.05, 0) is 56.7 Å². The molecule has 0 bridgehead atoms. The SMILES string of the molecule is Cl.O=C(c1ccc(=O)[nH]n1)N1CCCC2(CCNCC2)CC1. The molecule has 6 nitrogen and oxygen atoms in total. The molecule has 3 rings (SSSR count). The van der Waals surface area contributed by atoms with Crippen LogP contribution < -0.4 is 10.9 Å². The third-order valence-corrected chi connectivity index (χ3v) is 4.90. The Balaban J connectivity index is 0.00000176. The fourth-order valence-electron chi connectivity index (χ4n) is 3.54. The number of likely N-dealkylation sites (tertiary alicyclic amines) is 1. The number of aromatic amines is 1. The van der Waals surface area contributed by atoms with E-state index in [1.54, 1.807) is 0 Å². The maximum absolute atomic E-state index is 12.5. The molecule has 122 valence electrons. The Morgan fingerprint density at radius 2 is 1.91 bits per heavy atom. The highest BCUT2D eigenvalue weighted by molar-refractivity contribution is 5.92. The molecule has 22 heavy (non-hydrogen) atoms. The number of nitrogens with one attached hydrogen (secondary N) is 2. The van der Waals surface area contributed by atoms with Crippen molar-refractivity contribution in [1.82, 2.24) is 20.4 Å². The normalized spacial score (nSPS) is 21.0. The molecule has 0 aliphatic carbocycles. The molecule has 0 unspecified atom stereocenters. The Morgan fingerprint density at radius 1 is 1.14 bits per heavy atom. The fraction of sp³-hybridized carbons (Fsp3) is 0.667. The molecule has 2 saturated heterocycles. The van der Waals surface area contributed by atoms with Crippen molar-refractivity contribution in [1.29, 1.82) is 0 Å². The second-order valence-corrected chi connectivity index (χ2v) is 6.20. The number of aromatic nitrogens is 2. The van der Waals surface area contributed by atoms with Crippen LogP contribution in [0, 0.1) is 5.41 Å². The number of rotatable bonds is 1. The number of amides is 1. The van der Waals surface area contributed by atoms with Crippen LogP contribution in [0.1, 0.15) is 42.6 Å². The van der Waals surface area contributed by atoms with Gasteiger partial charge in [0.25, 0.3) is 11.5 Å². The number of piperidine rings is 1. The van der Waals surface area contributed by atoms with Crippen LogP contribution in [0.2, 0.25) is 0 Å². The van der Waals surface area contributed by atoms with E-state index in [4.69, 9.17) is 0 Å². The van der Waals surface area contributed by atoms with Crippen LogP contribution in [0.25, 0.3) is 0 Å². The summed E-state index contributed by atoms with van der Waals surface area (Å²) >= 11 is 0. The van der Waals surface area contributed by atoms with E-state index in [1.165, 1.54) is 31.4 Å². The maximum Gasteiger partial charge on any atom is 0.274 e. The largest absolute Gasteiger partial charge is 0.337 e. The predicted molar refractivity (Wildman–Crippen MR) is 86.4 cm³/mol. The summed E-state index contributed by atoms with van der Waals surface area (Å²) < 4.78 is 0. The Morgan fingerprint density at radius 3 is 2.59 bits per heavy atom. The van der Waals surface area contributed by atoms with Gasteiger partial charge in [-0.25, -0.2) is 5.10 Å². The molecular weight excluding hydrogens is 304 g/mol. The van der Waals surface area contributed by atoms with Crippen LogP contribution in [0.4, 0.5) is 0 Å². The van der Waals surface area contributed by atoms with Gasteiger partial charge in [0.05, 0.1) is 0 Å². The van der Waals surface area contributed by atoms with E-state index >= 15 is 0 Å². The van der Waals surface area contributed by atoms with Crippen molar-refractivity contribution in [2.24, 2.45) is 5.41 Å². The first-order valence-electron chi connectivity index (χ1n) is 7.74. The molecule has 1 aromatic heterocycles. The lowest BCUT2D eigenvalue weighted by molar-refractivity contribution is 0.0743. The van der Waals surface area contributed by atoms with E-state index < -0.39 is 0 Å². The first-order chi connectivity index (χ1) is 10.2. The van der Waals surface area contributed by atoms with Crippen LogP contribution in [0.3, 0.4) is 0 Å². The minimum absolute atomic E-state index is 0. The highest BCUT2D eigenvalue weighted by Gasteiger charge is 2.34. The van der Waals surface area contributed by atoms with Gasteiger partial charge in [-0.2, -0.15) is 5.10 Å². The molecular formula is C15H23ClN4O2. The molecule has 2 fully saturated rings. The number of carbonyl (C=O) groups is 1. The van der Waals surface area contributed by atoms with E-state index in [2.05, 4.69) is 15.5 Å². The Bertz CT molecular complexity index is 548. The van der Waals surface area contributed by atoms with Crippen molar-refractivity contribution in [3.63, 3.8) is 0 Å². The lowest BCUT2D eigenvalue weighted by Gasteiger charge is -2.37. The summed E-state index contributed by atoms with van der Waals surface area (Å²) in [5.41, 5.74) is 0.463. The zero-order chi connectivity index (χ0) is 14.7. The summed E-state index contributed by atoms with van der Waals surface area (Å²) in [5, 5.41) is 9.60. The van der Waals surface area contributed by atoms with Crippen molar-refractivity contribution in [3.05, 3.63) is 28.2 Å². The van der Waals surface area contributed by atoms with Crippen molar-refractivity contribution in [2.45, 2.75) is 32.1 Å². The summed E-state index contributed by atoms with van der Waals surface area (Å²) in [6.45, 7) is 3.76. The van der Waals surface area contributed by atoms with Crippen molar-refractivity contribution < 1.29 is 4.79 Å². The van der Waals surface area contributed by atoms with Gasteiger partial charge >= 0.3 is 0 Å². The van der Waals surface area contributed by atoms with Gasteiger partial charge in [-0.3, -0.25) is 9.59 Å². The average molecular weight is 327 g/mol. The van der Waals surface area contributed by atoms with E-state index in [9.17, 15) is 9.59 Å². The summed E-state index contributed by atoms with van der Waals surface area (Å²) in [7, 11) is 0. The Hall–Kier alpha value is -1.40. The van der Waals surface area contributed by atoms with Crippen LogP contribution >= 0.6 is 12.4 Å². The first kappa shape index (κ1) is 17.0. The van der Waals surface area contributed by atoms with Gasteiger partial charge in [0.1, 0.15) is 5.69 Å². The minimum atomic E-state index is -0.281. The minimum Gasteiger partial charge on any atom is -0.337 e. The molecule has 0 radical (unpaired) electrons. The number of carbonyl (C=O) groups excluding carboxylic acids is 1. The van der Waals surface area contributed by atoms with E-state index in [1.807, 2.05) is 4.90 Å². The maximum atomic E-state index is 12.5. The van der Waals surface area contributed by atoms with Gasteiger partial charge in [0, 0.05) is 19.2 Å². The van der Waals surface area contributed by atoms with Gasteiger partial charge in [0.15, 0.2) is 0 Å². The molecule has 0 aromatic carbocycles. The predicted octanol–water partition coefficient (Wildman–Crippen LogP) is 1.19. The van der Waals surface area contributed by atoms with Crippen LogP contribution in [0.5, 0.6) is 0 Å². The van der Waals surface area contributed by atoms with Crippen LogP contribution in [-0.2, 0) is 0 Å². The van der Waals surface area contributed by atoms with Crippen LogP contribution in [-0.4, -0.2) is 47.2 Å². The monoisotopic (exact) mass is 326 g/mol. The van der Waals surface area contributed by atoms with Crippen molar-refractivity contribution in [3.8, 4) is 0 Å². The molecule has 0 atom stereocenters. The quantitative estimate of drug-likeness (QED) is 0.812. The summed E-state index contributed by atoms with van der Waals surface area (Å²) in [5.74, 6) is -0.0720. The molecule has 2 N–H and O–H groups in total. The summed E-state index contributed by atoms with van der Waals surface area (Å²) in [6.07, 6.45) is 5.76. The molecule has 1 amide bonds. The number of H-pyrrole nitrogens is 1. The van der Waals surface area contributed by atoms with Crippen molar-refractivity contribution >= 4 is 18.3 Å². The topological polar surface area (TPSA) is 78.1 Å². The smallest absolute Gasteiger partial charge is 0.274 e. The lowest BCUT2D eigenvalue weighted by atomic mass is 9.73. The number of hydrogen-bond donors (Lipinski definition) is 2. The second kappa shape index (κ2) is 7.24. The number of nitrogens with zero attached hydrogens (tertiary/aromatic N) is 2. The highest BCUT2D eigenvalue weighted by Crippen LogP contribution is 2.39. The molecule has 0 saturated carbocycles. The standard InChI is InChI=1S/C15H22N4O2.ClH/c20-13-3-2-12(17-18-13)14(21)19-10-1-4-15(7-11-19)5-8-16-9-6-15;/h2-3,16H,1,4-11H2,(H,18,20);1H. The Kier molecular flexibility index (Phi) is 5.58. The molecule has 1 aromatic rings. The Labute approximate surface area is 136 Å².